The second-order valence-electron chi connectivity index (χ2n) is 5.70. The summed E-state index contributed by atoms with van der Waals surface area (Å²) >= 11 is 0. The molecule has 1 fully saturated rings. The van der Waals surface area contributed by atoms with Crippen molar-refractivity contribution in [2.45, 2.75) is 25.1 Å². The van der Waals surface area contributed by atoms with Crippen LogP contribution in [-0.4, -0.2) is 35.6 Å². The Morgan fingerprint density at radius 1 is 1.24 bits per heavy atom. The highest BCUT2D eigenvalue weighted by atomic mass is 35.5. The van der Waals surface area contributed by atoms with Crippen molar-refractivity contribution in [3.05, 3.63) is 54.0 Å². The number of carbonyl (C=O) groups excluding carboxylic acids is 2. The molecular weight excluding hydrogens is 346 g/mol. The Morgan fingerprint density at radius 2 is 2.00 bits per heavy atom. The predicted octanol–water partition coefficient (Wildman–Crippen LogP) is 1.29. The molecule has 1 aromatic heterocycles. The van der Waals surface area contributed by atoms with Crippen molar-refractivity contribution in [3.8, 4) is 0 Å². The number of hydrogen-bond donors (Lipinski definition) is 4. The van der Waals surface area contributed by atoms with E-state index in [1.165, 1.54) is 6.26 Å². The summed E-state index contributed by atoms with van der Waals surface area (Å²) in [7, 11) is 0. The molecule has 25 heavy (non-hydrogen) atoms. The zero-order valence-electron chi connectivity index (χ0n) is 13.4. The van der Waals surface area contributed by atoms with Crippen LogP contribution in [0.1, 0.15) is 22.5 Å². The summed E-state index contributed by atoms with van der Waals surface area (Å²) in [5.74, 6) is -0.189. The van der Waals surface area contributed by atoms with Crippen LogP contribution in [0.5, 0.6) is 0 Å². The molecule has 4 N–H and O–H groups in total. The van der Waals surface area contributed by atoms with Crippen molar-refractivity contribution in [1.82, 2.24) is 10.6 Å². The summed E-state index contributed by atoms with van der Waals surface area (Å²) in [6.07, 6.45) is 1.42. The first kappa shape index (κ1) is 19.0. The lowest BCUT2D eigenvalue weighted by Gasteiger charge is -2.11. The first-order chi connectivity index (χ1) is 11.6. The first-order valence-electron chi connectivity index (χ1n) is 7.75. The fraction of sp³-hybridized carbons (Fsp3) is 0.294. The van der Waals surface area contributed by atoms with Crippen LogP contribution in [0.15, 0.2) is 47.1 Å². The van der Waals surface area contributed by atoms with Gasteiger partial charge in [-0.25, -0.2) is 0 Å². The molecule has 2 unspecified atom stereocenters. The first-order valence-corrected chi connectivity index (χ1v) is 7.75. The van der Waals surface area contributed by atoms with Gasteiger partial charge in [0.05, 0.1) is 18.4 Å². The molecule has 2 atom stereocenters. The van der Waals surface area contributed by atoms with E-state index >= 15 is 0 Å². The lowest BCUT2D eigenvalue weighted by atomic mass is 10.1. The van der Waals surface area contributed by atoms with Crippen molar-refractivity contribution in [2.75, 3.05) is 11.9 Å². The molecule has 1 aliphatic rings. The molecular formula is C17H20ClN3O4. The molecule has 134 valence electrons. The minimum Gasteiger partial charge on any atom is -0.459 e. The maximum Gasteiger partial charge on any atom is 0.291 e. The number of β-amino-alcohol motifs (C(OH)–C–C–N with tert-alkyl or cyclic N) is 1. The third-order valence-electron chi connectivity index (χ3n) is 3.85. The molecule has 3 rings (SSSR count). The number of amides is 2. The van der Waals surface area contributed by atoms with Crippen LogP contribution in [0.3, 0.4) is 0 Å². The monoisotopic (exact) mass is 365 g/mol. The van der Waals surface area contributed by atoms with Gasteiger partial charge in [0.25, 0.3) is 5.91 Å². The molecule has 2 aromatic rings. The minimum atomic E-state index is -0.460. The highest BCUT2D eigenvalue weighted by Gasteiger charge is 2.27. The van der Waals surface area contributed by atoms with Crippen LogP contribution in [0.25, 0.3) is 0 Å². The van der Waals surface area contributed by atoms with Gasteiger partial charge in [0.15, 0.2) is 5.76 Å². The van der Waals surface area contributed by atoms with E-state index < -0.39 is 6.10 Å². The maximum absolute atomic E-state index is 12.0. The standard InChI is InChI=1S/C17H19N3O4.ClH/c21-13-8-14(18-10-13)16(22)19-9-11-3-5-12(6-4-11)20-17(23)15-2-1-7-24-15;/h1-7,13-14,18,21H,8-10H2,(H,19,22)(H,20,23);1H. The Balaban J connectivity index is 0.00000225. The van der Waals surface area contributed by atoms with Crippen molar-refractivity contribution in [1.29, 1.82) is 0 Å². The SMILES string of the molecule is Cl.O=C(Nc1ccc(CNC(=O)C2CC(O)CN2)cc1)c1ccco1. The van der Waals surface area contributed by atoms with Gasteiger partial charge in [-0.15, -0.1) is 12.4 Å². The van der Waals surface area contributed by atoms with Crippen molar-refractivity contribution < 1.29 is 19.1 Å². The van der Waals surface area contributed by atoms with Crippen LogP contribution in [0, 0.1) is 0 Å². The van der Waals surface area contributed by atoms with Crippen molar-refractivity contribution in [3.63, 3.8) is 0 Å². The van der Waals surface area contributed by atoms with Gasteiger partial charge in [0, 0.05) is 18.8 Å². The van der Waals surface area contributed by atoms with Gasteiger partial charge in [0.1, 0.15) is 0 Å². The zero-order valence-corrected chi connectivity index (χ0v) is 14.2. The molecule has 0 radical (unpaired) electrons. The van der Waals surface area contributed by atoms with Gasteiger partial charge in [-0.1, -0.05) is 12.1 Å². The molecule has 8 heteroatoms. The number of rotatable bonds is 5. The van der Waals surface area contributed by atoms with Crippen LogP contribution in [-0.2, 0) is 11.3 Å². The quantitative estimate of drug-likeness (QED) is 0.639. The fourth-order valence-corrected chi connectivity index (χ4v) is 2.54. The number of anilines is 1. The lowest BCUT2D eigenvalue weighted by Crippen LogP contribution is -2.39. The van der Waals surface area contributed by atoms with E-state index in [1.54, 1.807) is 24.3 Å². The number of benzene rings is 1. The van der Waals surface area contributed by atoms with E-state index in [-0.39, 0.29) is 36.0 Å². The number of aliphatic hydroxyl groups is 1. The molecule has 1 aliphatic heterocycles. The van der Waals surface area contributed by atoms with Gasteiger partial charge in [0.2, 0.25) is 5.91 Å². The molecule has 7 nitrogen and oxygen atoms in total. The number of nitrogens with one attached hydrogen (secondary N) is 3. The van der Waals surface area contributed by atoms with E-state index in [2.05, 4.69) is 16.0 Å². The summed E-state index contributed by atoms with van der Waals surface area (Å²) in [5, 5.41) is 17.9. The predicted molar refractivity (Wildman–Crippen MR) is 94.6 cm³/mol. The Hall–Kier alpha value is -2.35. The molecule has 1 saturated heterocycles. The van der Waals surface area contributed by atoms with Gasteiger partial charge < -0.3 is 25.5 Å². The van der Waals surface area contributed by atoms with Crippen LogP contribution < -0.4 is 16.0 Å². The number of carbonyl (C=O) groups is 2. The number of halogens is 1. The summed E-state index contributed by atoms with van der Waals surface area (Å²) in [6.45, 7) is 0.835. The summed E-state index contributed by atoms with van der Waals surface area (Å²) in [4.78, 5) is 23.8. The molecule has 1 aromatic carbocycles. The Morgan fingerprint density at radius 3 is 2.60 bits per heavy atom. The second-order valence-corrected chi connectivity index (χ2v) is 5.70. The normalized spacial score (nSPS) is 19.1. The summed E-state index contributed by atoms with van der Waals surface area (Å²) < 4.78 is 5.03. The van der Waals surface area contributed by atoms with E-state index in [9.17, 15) is 14.7 Å². The van der Waals surface area contributed by atoms with Crippen LogP contribution in [0.4, 0.5) is 5.69 Å². The number of furan rings is 1. The van der Waals surface area contributed by atoms with Gasteiger partial charge in [-0.2, -0.15) is 0 Å². The van der Waals surface area contributed by atoms with Crippen molar-refractivity contribution in [2.24, 2.45) is 0 Å². The Labute approximate surface area is 151 Å². The lowest BCUT2D eigenvalue weighted by molar-refractivity contribution is -0.123. The third-order valence-corrected chi connectivity index (χ3v) is 3.85. The number of hydrogen-bond acceptors (Lipinski definition) is 5. The third kappa shape index (κ3) is 5.06. The molecule has 0 spiro atoms. The molecule has 2 amide bonds. The van der Waals surface area contributed by atoms with Gasteiger partial charge >= 0.3 is 0 Å². The van der Waals surface area contributed by atoms with E-state index in [0.29, 0.717) is 25.2 Å². The summed E-state index contributed by atoms with van der Waals surface area (Å²) in [5.41, 5.74) is 1.56. The molecule has 0 bridgehead atoms. The fourth-order valence-electron chi connectivity index (χ4n) is 2.54. The average molecular weight is 366 g/mol. The highest BCUT2D eigenvalue weighted by Crippen LogP contribution is 2.12. The zero-order chi connectivity index (χ0) is 16.9. The van der Waals surface area contributed by atoms with E-state index in [1.807, 2.05) is 12.1 Å². The van der Waals surface area contributed by atoms with Crippen LogP contribution >= 0.6 is 12.4 Å². The number of aliphatic hydroxyl groups excluding tert-OH is 1. The maximum atomic E-state index is 12.0. The Kier molecular flexibility index (Phi) is 6.58. The van der Waals surface area contributed by atoms with Gasteiger partial charge in [-0.05, 0) is 36.2 Å². The Bertz CT molecular complexity index is 703. The molecule has 2 heterocycles. The van der Waals surface area contributed by atoms with Gasteiger partial charge in [-0.3, -0.25) is 9.59 Å². The van der Waals surface area contributed by atoms with E-state index in [4.69, 9.17) is 4.42 Å². The van der Waals surface area contributed by atoms with Crippen molar-refractivity contribution >= 4 is 29.9 Å². The largest absolute Gasteiger partial charge is 0.459 e. The topological polar surface area (TPSA) is 104 Å². The average Bonchev–Trinajstić information content (AvgIpc) is 3.25. The van der Waals surface area contributed by atoms with E-state index in [0.717, 1.165) is 5.56 Å². The highest BCUT2D eigenvalue weighted by molar-refractivity contribution is 6.02. The summed E-state index contributed by atoms with van der Waals surface area (Å²) in [6, 6.07) is 10.1. The smallest absolute Gasteiger partial charge is 0.291 e. The molecule has 0 saturated carbocycles. The molecule has 0 aliphatic carbocycles. The second kappa shape index (κ2) is 8.66. The minimum absolute atomic E-state index is 0. The van der Waals surface area contributed by atoms with Crippen LogP contribution in [0.2, 0.25) is 0 Å².